The molecule has 1 atom stereocenters. The van der Waals surface area contributed by atoms with Gasteiger partial charge >= 0.3 is 0 Å². The molecule has 1 rings (SSSR count). The highest BCUT2D eigenvalue weighted by atomic mass is 14.9. The lowest BCUT2D eigenvalue weighted by Crippen LogP contribution is -2.33. The molecular formula is C13H25N. The summed E-state index contributed by atoms with van der Waals surface area (Å²) in [5.41, 5.74) is 0. The van der Waals surface area contributed by atoms with Crippen LogP contribution in [0.15, 0.2) is 12.2 Å². The lowest BCUT2D eigenvalue weighted by molar-refractivity contribution is 0.347. The Bertz CT molecular complexity index is 155. The largest absolute Gasteiger partial charge is 0.311 e. The average molecular weight is 195 g/mol. The molecule has 0 amide bonds. The van der Waals surface area contributed by atoms with E-state index in [4.69, 9.17) is 0 Å². The molecule has 0 aromatic carbocycles. The lowest BCUT2D eigenvalue weighted by atomic mass is 9.93. The number of hydrogen-bond donors (Lipinski definition) is 1. The van der Waals surface area contributed by atoms with Gasteiger partial charge in [-0.05, 0) is 32.6 Å². The van der Waals surface area contributed by atoms with E-state index in [1.807, 2.05) is 0 Å². The summed E-state index contributed by atoms with van der Waals surface area (Å²) in [6.07, 6.45) is 13.0. The van der Waals surface area contributed by atoms with E-state index in [0.29, 0.717) is 6.04 Å². The fourth-order valence-corrected chi connectivity index (χ4v) is 2.35. The minimum Gasteiger partial charge on any atom is -0.311 e. The van der Waals surface area contributed by atoms with Crippen molar-refractivity contribution < 1.29 is 0 Å². The molecule has 1 aliphatic carbocycles. The van der Waals surface area contributed by atoms with Crippen molar-refractivity contribution in [1.82, 2.24) is 5.32 Å². The third kappa shape index (κ3) is 4.28. The zero-order valence-electron chi connectivity index (χ0n) is 9.76. The predicted octanol–water partition coefficient (Wildman–Crippen LogP) is 3.51. The summed E-state index contributed by atoms with van der Waals surface area (Å²) in [5, 5.41) is 3.59. The molecular weight excluding hydrogens is 170 g/mol. The molecule has 14 heavy (non-hydrogen) atoms. The third-order valence-electron chi connectivity index (χ3n) is 3.40. The van der Waals surface area contributed by atoms with Gasteiger partial charge in [-0.2, -0.15) is 0 Å². The quantitative estimate of drug-likeness (QED) is 0.534. The Hall–Kier alpha value is -0.300. The number of rotatable bonds is 4. The van der Waals surface area contributed by atoms with Crippen LogP contribution in [0, 0.1) is 5.92 Å². The monoisotopic (exact) mass is 195 g/mol. The van der Waals surface area contributed by atoms with Crippen LogP contribution in [-0.2, 0) is 0 Å². The van der Waals surface area contributed by atoms with E-state index in [1.54, 1.807) is 0 Å². The molecule has 0 spiro atoms. The molecule has 0 radical (unpaired) electrons. The van der Waals surface area contributed by atoms with Gasteiger partial charge in [-0.3, -0.25) is 0 Å². The highest BCUT2D eigenvalue weighted by Gasteiger charge is 2.17. The van der Waals surface area contributed by atoms with Gasteiger partial charge in [-0.1, -0.05) is 37.8 Å². The van der Waals surface area contributed by atoms with Gasteiger partial charge in [0.15, 0.2) is 0 Å². The summed E-state index contributed by atoms with van der Waals surface area (Å²) in [6.45, 7) is 5.46. The molecule has 0 aliphatic heterocycles. The average Bonchev–Trinajstić information content (AvgIpc) is 2.46. The Morgan fingerprint density at radius 3 is 2.43 bits per heavy atom. The normalized spacial score (nSPS) is 22.4. The van der Waals surface area contributed by atoms with Crippen LogP contribution in [0.2, 0.25) is 0 Å². The van der Waals surface area contributed by atoms with Crippen molar-refractivity contribution in [1.29, 1.82) is 0 Å². The maximum Gasteiger partial charge on any atom is 0.0137 e. The number of allylic oxidation sites excluding steroid dienone is 1. The Morgan fingerprint density at radius 1 is 1.21 bits per heavy atom. The van der Waals surface area contributed by atoms with Crippen molar-refractivity contribution in [3.63, 3.8) is 0 Å². The molecule has 1 fully saturated rings. The Morgan fingerprint density at radius 2 is 1.86 bits per heavy atom. The van der Waals surface area contributed by atoms with Crippen LogP contribution in [0.3, 0.4) is 0 Å². The fourth-order valence-electron chi connectivity index (χ4n) is 2.35. The second-order valence-corrected chi connectivity index (χ2v) is 4.52. The highest BCUT2D eigenvalue weighted by molar-refractivity contribution is 4.83. The maximum absolute atomic E-state index is 3.59. The van der Waals surface area contributed by atoms with E-state index in [1.165, 1.54) is 38.5 Å². The molecule has 0 bridgehead atoms. The zero-order chi connectivity index (χ0) is 10.2. The maximum atomic E-state index is 3.59. The van der Waals surface area contributed by atoms with Crippen LogP contribution >= 0.6 is 0 Å². The van der Waals surface area contributed by atoms with E-state index < -0.39 is 0 Å². The standard InChI is InChI=1S/C13H25N/c1-3-4-11-14-12(2)13-9-7-5-6-8-10-13/h3-4,12-14H,5-11H2,1-2H3/b4-3+/t12-/m0/s1. The van der Waals surface area contributed by atoms with Crippen molar-refractivity contribution in [3.05, 3.63) is 12.2 Å². The van der Waals surface area contributed by atoms with Gasteiger partial charge in [-0.15, -0.1) is 0 Å². The second-order valence-electron chi connectivity index (χ2n) is 4.52. The molecule has 1 saturated carbocycles. The van der Waals surface area contributed by atoms with Gasteiger partial charge in [0.2, 0.25) is 0 Å². The smallest absolute Gasteiger partial charge is 0.0137 e. The summed E-state index contributed by atoms with van der Waals surface area (Å²) in [7, 11) is 0. The van der Waals surface area contributed by atoms with Crippen LogP contribution in [0.1, 0.15) is 52.4 Å². The molecule has 1 heteroatoms. The van der Waals surface area contributed by atoms with Crippen LogP contribution < -0.4 is 5.32 Å². The first kappa shape index (κ1) is 11.8. The number of nitrogens with one attached hydrogen (secondary N) is 1. The van der Waals surface area contributed by atoms with Crippen LogP contribution in [0.25, 0.3) is 0 Å². The lowest BCUT2D eigenvalue weighted by Gasteiger charge is -2.23. The number of hydrogen-bond acceptors (Lipinski definition) is 1. The summed E-state index contributed by atoms with van der Waals surface area (Å²) in [4.78, 5) is 0. The Kier molecular flexibility index (Phi) is 5.93. The molecule has 1 nitrogen and oxygen atoms in total. The van der Waals surface area contributed by atoms with E-state index in [2.05, 4.69) is 31.3 Å². The van der Waals surface area contributed by atoms with Gasteiger partial charge in [0.1, 0.15) is 0 Å². The van der Waals surface area contributed by atoms with Crippen molar-refractivity contribution >= 4 is 0 Å². The van der Waals surface area contributed by atoms with Crippen LogP contribution in [-0.4, -0.2) is 12.6 Å². The molecule has 0 aromatic rings. The summed E-state index contributed by atoms with van der Waals surface area (Å²) >= 11 is 0. The van der Waals surface area contributed by atoms with Crippen LogP contribution in [0.5, 0.6) is 0 Å². The molecule has 1 N–H and O–H groups in total. The van der Waals surface area contributed by atoms with E-state index in [9.17, 15) is 0 Å². The fraction of sp³-hybridized carbons (Fsp3) is 0.846. The van der Waals surface area contributed by atoms with Gasteiger partial charge in [-0.25, -0.2) is 0 Å². The van der Waals surface area contributed by atoms with Crippen LogP contribution in [0.4, 0.5) is 0 Å². The minimum atomic E-state index is 0.698. The Balaban J connectivity index is 2.23. The summed E-state index contributed by atoms with van der Waals surface area (Å²) in [5.74, 6) is 0.919. The van der Waals surface area contributed by atoms with Gasteiger partial charge in [0, 0.05) is 12.6 Å². The molecule has 1 aliphatic rings. The SMILES string of the molecule is C/C=C/CN[C@@H](C)C1CCCCCC1. The van der Waals surface area contributed by atoms with E-state index >= 15 is 0 Å². The van der Waals surface area contributed by atoms with Crippen molar-refractivity contribution in [2.45, 2.75) is 58.4 Å². The summed E-state index contributed by atoms with van der Waals surface area (Å²) in [6, 6.07) is 0.698. The highest BCUT2D eigenvalue weighted by Crippen LogP contribution is 2.25. The van der Waals surface area contributed by atoms with Crippen molar-refractivity contribution in [3.8, 4) is 0 Å². The first-order chi connectivity index (χ1) is 6.84. The van der Waals surface area contributed by atoms with Gasteiger partial charge in [0.05, 0.1) is 0 Å². The second kappa shape index (κ2) is 7.05. The molecule has 0 unspecified atom stereocenters. The van der Waals surface area contributed by atoms with Crippen molar-refractivity contribution in [2.75, 3.05) is 6.54 Å². The molecule has 0 aromatic heterocycles. The van der Waals surface area contributed by atoms with Gasteiger partial charge in [0.25, 0.3) is 0 Å². The van der Waals surface area contributed by atoms with Crippen molar-refractivity contribution in [2.24, 2.45) is 5.92 Å². The topological polar surface area (TPSA) is 12.0 Å². The first-order valence-electron chi connectivity index (χ1n) is 6.19. The molecule has 0 heterocycles. The Labute approximate surface area is 89.0 Å². The molecule has 82 valence electrons. The minimum absolute atomic E-state index is 0.698. The van der Waals surface area contributed by atoms with Gasteiger partial charge < -0.3 is 5.32 Å². The zero-order valence-corrected chi connectivity index (χ0v) is 9.76. The predicted molar refractivity (Wildman–Crippen MR) is 63.5 cm³/mol. The molecule has 0 saturated heterocycles. The third-order valence-corrected chi connectivity index (χ3v) is 3.40. The first-order valence-corrected chi connectivity index (χ1v) is 6.19. The van der Waals surface area contributed by atoms with E-state index in [-0.39, 0.29) is 0 Å². The van der Waals surface area contributed by atoms with E-state index in [0.717, 1.165) is 12.5 Å². The summed E-state index contributed by atoms with van der Waals surface area (Å²) < 4.78 is 0.